The van der Waals surface area contributed by atoms with Crippen LogP contribution in [0.25, 0.3) is 0 Å². The number of carbonyl (C=O) groups excluding carboxylic acids is 1. The van der Waals surface area contributed by atoms with Gasteiger partial charge in [-0.25, -0.2) is 12.8 Å². The number of carbonyl (C=O) groups is 1. The van der Waals surface area contributed by atoms with Gasteiger partial charge < -0.3 is 15.0 Å². The summed E-state index contributed by atoms with van der Waals surface area (Å²) in [6, 6.07) is 15.8. The van der Waals surface area contributed by atoms with Gasteiger partial charge in [-0.2, -0.15) is 4.31 Å². The highest BCUT2D eigenvalue weighted by Crippen LogP contribution is 2.28. The van der Waals surface area contributed by atoms with Crippen LogP contribution < -0.4 is 15.0 Å². The summed E-state index contributed by atoms with van der Waals surface area (Å²) < 4.78 is 47.7. The Kier molecular flexibility index (Phi) is 7.30. The monoisotopic (exact) mass is 517 g/mol. The predicted molar refractivity (Wildman–Crippen MR) is 135 cm³/mol. The van der Waals surface area contributed by atoms with E-state index in [0.717, 1.165) is 23.4 Å². The van der Waals surface area contributed by atoms with Crippen molar-refractivity contribution in [3.05, 3.63) is 82.6 Å². The quantitative estimate of drug-likeness (QED) is 0.518. The lowest BCUT2D eigenvalue weighted by Crippen LogP contribution is -2.48. The summed E-state index contributed by atoms with van der Waals surface area (Å²) >= 11 is 6.07. The normalized spacial score (nSPS) is 14.6. The van der Waals surface area contributed by atoms with Crippen molar-refractivity contribution in [3.8, 4) is 5.75 Å². The minimum Gasteiger partial charge on any atom is -0.495 e. The van der Waals surface area contributed by atoms with E-state index >= 15 is 0 Å². The zero-order chi connectivity index (χ0) is 25.2. The summed E-state index contributed by atoms with van der Waals surface area (Å²) in [5.41, 5.74) is 1.78. The second-order valence-electron chi connectivity index (χ2n) is 8.17. The molecule has 1 fully saturated rings. The Labute approximate surface area is 209 Å². The van der Waals surface area contributed by atoms with Gasteiger partial charge in [-0.05, 0) is 61.0 Å². The zero-order valence-corrected chi connectivity index (χ0v) is 20.9. The maximum atomic E-state index is 14.6. The maximum absolute atomic E-state index is 14.6. The number of amides is 1. The number of aryl methyl sites for hydroxylation is 1. The lowest BCUT2D eigenvalue weighted by molar-refractivity contribution is 0.102. The molecule has 0 bridgehead atoms. The molecule has 7 nitrogen and oxygen atoms in total. The predicted octanol–water partition coefficient (Wildman–Crippen LogP) is 4.56. The van der Waals surface area contributed by atoms with Crippen LogP contribution in [0.4, 0.5) is 15.8 Å². The van der Waals surface area contributed by atoms with E-state index < -0.39 is 21.7 Å². The molecule has 1 saturated heterocycles. The minimum atomic E-state index is -3.93. The average molecular weight is 518 g/mol. The van der Waals surface area contributed by atoms with E-state index in [0.29, 0.717) is 29.5 Å². The van der Waals surface area contributed by atoms with Crippen molar-refractivity contribution in [2.75, 3.05) is 43.5 Å². The molecule has 0 aromatic heterocycles. The number of nitrogens with zero attached hydrogens (tertiary/aromatic N) is 2. The van der Waals surface area contributed by atoms with Gasteiger partial charge in [0.15, 0.2) is 0 Å². The van der Waals surface area contributed by atoms with Gasteiger partial charge in [0, 0.05) is 36.9 Å². The highest BCUT2D eigenvalue weighted by atomic mass is 35.5. The van der Waals surface area contributed by atoms with E-state index in [4.69, 9.17) is 16.3 Å². The number of piperazine rings is 1. The van der Waals surface area contributed by atoms with Gasteiger partial charge in [0.25, 0.3) is 5.91 Å². The van der Waals surface area contributed by atoms with Crippen molar-refractivity contribution < 1.29 is 22.3 Å². The van der Waals surface area contributed by atoms with Crippen LogP contribution in [0.5, 0.6) is 5.75 Å². The molecule has 0 atom stereocenters. The van der Waals surface area contributed by atoms with Crippen molar-refractivity contribution in [1.29, 1.82) is 0 Å². The third kappa shape index (κ3) is 5.42. The molecule has 184 valence electrons. The number of sulfonamides is 1. The Hall–Kier alpha value is -3.14. The number of hydrogen-bond donors (Lipinski definition) is 1. The molecular formula is C25H25ClFN3O4S. The SMILES string of the molecule is COc1ccc(C)cc1NC(=O)c1cc(S(=O)(=O)N2CCN(c3cccc(Cl)c3)CC2)ccc1F. The number of halogens is 2. The Balaban J connectivity index is 1.53. The van der Waals surface area contributed by atoms with Gasteiger partial charge in [0.1, 0.15) is 11.6 Å². The van der Waals surface area contributed by atoms with Crippen molar-refractivity contribution in [2.45, 2.75) is 11.8 Å². The van der Waals surface area contributed by atoms with Crippen molar-refractivity contribution in [3.63, 3.8) is 0 Å². The average Bonchev–Trinajstić information content (AvgIpc) is 2.84. The van der Waals surface area contributed by atoms with Gasteiger partial charge in [-0.1, -0.05) is 23.7 Å². The Morgan fingerprint density at radius 2 is 1.77 bits per heavy atom. The highest BCUT2D eigenvalue weighted by molar-refractivity contribution is 7.89. The largest absolute Gasteiger partial charge is 0.495 e. The smallest absolute Gasteiger partial charge is 0.258 e. The first-order valence-corrected chi connectivity index (χ1v) is 12.8. The van der Waals surface area contributed by atoms with Crippen LogP contribution in [0.15, 0.2) is 65.6 Å². The summed E-state index contributed by atoms with van der Waals surface area (Å²) in [5, 5.41) is 3.23. The summed E-state index contributed by atoms with van der Waals surface area (Å²) in [6.45, 7) is 3.28. The number of benzene rings is 3. The molecular weight excluding hydrogens is 493 g/mol. The Morgan fingerprint density at radius 3 is 2.46 bits per heavy atom. The number of hydrogen-bond acceptors (Lipinski definition) is 5. The number of methoxy groups -OCH3 is 1. The molecule has 3 aromatic rings. The third-order valence-electron chi connectivity index (χ3n) is 5.84. The molecule has 1 amide bonds. The fraction of sp³-hybridized carbons (Fsp3) is 0.240. The van der Waals surface area contributed by atoms with Crippen LogP contribution in [0.2, 0.25) is 5.02 Å². The molecule has 0 saturated carbocycles. The van der Waals surface area contributed by atoms with Gasteiger partial charge in [-0.3, -0.25) is 4.79 Å². The summed E-state index contributed by atoms with van der Waals surface area (Å²) in [4.78, 5) is 14.8. The first-order valence-electron chi connectivity index (χ1n) is 11.0. The molecule has 0 radical (unpaired) electrons. The second kappa shape index (κ2) is 10.2. The summed E-state index contributed by atoms with van der Waals surface area (Å²) in [5.74, 6) is -1.18. The first-order chi connectivity index (χ1) is 16.7. The van der Waals surface area contributed by atoms with Gasteiger partial charge >= 0.3 is 0 Å². The van der Waals surface area contributed by atoms with Crippen LogP contribution in [0.3, 0.4) is 0 Å². The van der Waals surface area contributed by atoms with E-state index in [1.165, 1.54) is 17.5 Å². The van der Waals surface area contributed by atoms with Gasteiger partial charge in [-0.15, -0.1) is 0 Å². The van der Waals surface area contributed by atoms with Crippen LogP contribution in [0, 0.1) is 12.7 Å². The van der Waals surface area contributed by atoms with E-state index in [-0.39, 0.29) is 23.5 Å². The van der Waals surface area contributed by atoms with Crippen molar-refractivity contribution in [2.24, 2.45) is 0 Å². The summed E-state index contributed by atoms with van der Waals surface area (Å²) in [6.07, 6.45) is 0. The molecule has 10 heteroatoms. The number of nitrogens with one attached hydrogen (secondary N) is 1. The topological polar surface area (TPSA) is 78.9 Å². The van der Waals surface area contributed by atoms with Crippen LogP contribution >= 0.6 is 11.6 Å². The molecule has 0 spiro atoms. The molecule has 35 heavy (non-hydrogen) atoms. The fourth-order valence-corrected chi connectivity index (χ4v) is 5.59. The number of rotatable bonds is 6. The lowest BCUT2D eigenvalue weighted by atomic mass is 10.1. The molecule has 3 aromatic carbocycles. The molecule has 4 rings (SSSR count). The van der Waals surface area contributed by atoms with Crippen molar-refractivity contribution >= 4 is 38.9 Å². The van der Waals surface area contributed by atoms with Crippen LogP contribution in [0.1, 0.15) is 15.9 Å². The van der Waals surface area contributed by atoms with Crippen LogP contribution in [-0.2, 0) is 10.0 Å². The highest BCUT2D eigenvalue weighted by Gasteiger charge is 2.30. The van der Waals surface area contributed by atoms with E-state index in [1.807, 2.05) is 31.2 Å². The van der Waals surface area contributed by atoms with Gasteiger partial charge in [0.05, 0.1) is 23.3 Å². The van der Waals surface area contributed by atoms with Crippen LogP contribution in [-0.4, -0.2) is 51.9 Å². The zero-order valence-electron chi connectivity index (χ0n) is 19.3. The minimum absolute atomic E-state index is 0.142. The Morgan fingerprint density at radius 1 is 1.03 bits per heavy atom. The molecule has 1 aliphatic heterocycles. The summed E-state index contributed by atoms with van der Waals surface area (Å²) in [7, 11) is -2.47. The van der Waals surface area contributed by atoms with E-state index in [2.05, 4.69) is 10.2 Å². The molecule has 1 heterocycles. The van der Waals surface area contributed by atoms with Crippen molar-refractivity contribution in [1.82, 2.24) is 4.31 Å². The van der Waals surface area contributed by atoms with E-state index in [9.17, 15) is 17.6 Å². The first kappa shape index (κ1) is 25.0. The molecule has 1 N–H and O–H groups in total. The molecule has 0 aliphatic carbocycles. The molecule has 1 aliphatic rings. The van der Waals surface area contributed by atoms with E-state index in [1.54, 1.807) is 18.2 Å². The Bertz CT molecular complexity index is 1360. The maximum Gasteiger partial charge on any atom is 0.258 e. The molecule has 0 unspecified atom stereocenters. The number of anilines is 2. The number of ether oxygens (including phenoxy) is 1. The lowest BCUT2D eigenvalue weighted by Gasteiger charge is -2.35. The standard InChI is InChI=1S/C25H25ClFN3O4S/c1-17-6-9-24(34-2)23(14-17)28-25(31)21-16-20(7-8-22(21)27)35(32,33)30-12-10-29(11-13-30)19-5-3-4-18(26)15-19/h3-9,14-16H,10-13H2,1-2H3,(H,28,31). The van der Waals surface area contributed by atoms with Gasteiger partial charge in [0.2, 0.25) is 10.0 Å². The second-order valence-corrected chi connectivity index (χ2v) is 10.5. The fourth-order valence-electron chi connectivity index (χ4n) is 3.96. The third-order valence-corrected chi connectivity index (χ3v) is 7.97.